The van der Waals surface area contributed by atoms with Crippen molar-refractivity contribution in [3.8, 4) is 0 Å². The lowest BCUT2D eigenvalue weighted by molar-refractivity contribution is 0.0633. The molecule has 1 fully saturated rings. The number of nitrogens with one attached hydrogen (secondary N) is 1. The first-order valence-corrected chi connectivity index (χ1v) is 6.83. The molecule has 1 heterocycles. The van der Waals surface area contributed by atoms with E-state index in [0.29, 0.717) is 6.04 Å². The number of aryl methyl sites for hydroxylation is 1. The molecule has 0 bridgehead atoms. The van der Waals surface area contributed by atoms with Crippen LogP contribution in [0.5, 0.6) is 0 Å². The van der Waals surface area contributed by atoms with Crippen molar-refractivity contribution >= 4 is 11.9 Å². The summed E-state index contributed by atoms with van der Waals surface area (Å²) in [6.07, 6.45) is 3.07. The number of anilines is 1. The zero-order chi connectivity index (χ0) is 14.2. The van der Waals surface area contributed by atoms with Crippen LogP contribution in [-0.2, 0) is 4.74 Å². The number of nitrogens with zero attached hydrogens (tertiary/aromatic N) is 2. The van der Waals surface area contributed by atoms with E-state index in [1.54, 1.807) is 0 Å². The summed E-state index contributed by atoms with van der Waals surface area (Å²) in [5.74, 6) is 0.774. The van der Waals surface area contributed by atoms with Crippen molar-refractivity contribution < 1.29 is 9.53 Å². The molecule has 1 aromatic rings. The molecule has 1 aliphatic carbocycles. The van der Waals surface area contributed by atoms with E-state index in [1.165, 1.54) is 6.42 Å². The monoisotopic (exact) mass is 265 g/mol. The van der Waals surface area contributed by atoms with Crippen molar-refractivity contribution in [2.24, 2.45) is 0 Å². The average Bonchev–Trinajstić information content (AvgIpc) is 2.41. The van der Waals surface area contributed by atoms with Crippen molar-refractivity contribution in [2.75, 3.05) is 5.32 Å². The highest BCUT2D eigenvalue weighted by atomic mass is 16.6. The van der Waals surface area contributed by atoms with Crippen molar-refractivity contribution in [1.29, 1.82) is 0 Å². The summed E-state index contributed by atoms with van der Waals surface area (Å²) < 4.78 is 7.24. The largest absolute Gasteiger partial charge is 0.444 e. The predicted molar refractivity (Wildman–Crippen MR) is 74.4 cm³/mol. The third-order valence-electron chi connectivity index (χ3n) is 3.42. The van der Waals surface area contributed by atoms with E-state index >= 15 is 0 Å². The van der Waals surface area contributed by atoms with Gasteiger partial charge in [-0.1, -0.05) is 0 Å². The van der Waals surface area contributed by atoms with Gasteiger partial charge in [0.2, 0.25) is 0 Å². The van der Waals surface area contributed by atoms with E-state index in [4.69, 9.17) is 4.74 Å². The van der Waals surface area contributed by atoms with Crippen LogP contribution in [0.1, 0.15) is 57.3 Å². The van der Waals surface area contributed by atoms with Crippen LogP contribution >= 0.6 is 0 Å². The van der Waals surface area contributed by atoms with Gasteiger partial charge in [-0.05, 0) is 53.9 Å². The summed E-state index contributed by atoms with van der Waals surface area (Å²) in [7, 11) is 0. The average molecular weight is 265 g/mol. The van der Waals surface area contributed by atoms with E-state index in [9.17, 15) is 4.79 Å². The fraction of sp³-hybridized carbons (Fsp3) is 0.714. The smallest absolute Gasteiger partial charge is 0.413 e. The van der Waals surface area contributed by atoms with Gasteiger partial charge in [-0.3, -0.25) is 5.32 Å². The summed E-state index contributed by atoms with van der Waals surface area (Å²) in [6.45, 7) is 9.50. The Kier molecular flexibility index (Phi) is 3.56. The van der Waals surface area contributed by atoms with Gasteiger partial charge < -0.3 is 4.74 Å². The SMILES string of the molecule is Cc1nn(C2CCC2)c(NC(=O)OC(C)(C)C)c1C. The maximum atomic E-state index is 11.9. The summed E-state index contributed by atoms with van der Waals surface area (Å²) in [5.41, 5.74) is 1.48. The van der Waals surface area contributed by atoms with E-state index in [1.807, 2.05) is 39.3 Å². The Hall–Kier alpha value is -1.52. The van der Waals surface area contributed by atoms with Crippen LogP contribution in [0.15, 0.2) is 0 Å². The van der Waals surface area contributed by atoms with Gasteiger partial charge in [-0.25, -0.2) is 9.48 Å². The lowest BCUT2D eigenvalue weighted by Crippen LogP contribution is -2.29. The lowest BCUT2D eigenvalue weighted by Gasteiger charge is -2.28. The molecule has 5 nitrogen and oxygen atoms in total. The van der Waals surface area contributed by atoms with E-state index in [-0.39, 0.29) is 0 Å². The first kappa shape index (κ1) is 13.9. The molecule has 5 heteroatoms. The maximum Gasteiger partial charge on any atom is 0.413 e. The first-order valence-electron chi connectivity index (χ1n) is 6.83. The Morgan fingerprint density at radius 2 is 2.00 bits per heavy atom. The standard InChI is InChI=1S/C14H23N3O2/c1-9-10(2)16-17(11-7-6-8-11)12(9)15-13(18)19-14(3,4)5/h11H,6-8H2,1-5H3,(H,15,18). The zero-order valence-corrected chi connectivity index (χ0v) is 12.4. The summed E-state index contributed by atoms with van der Waals surface area (Å²) in [6, 6.07) is 0.414. The molecule has 19 heavy (non-hydrogen) atoms. The highest BCUT2D eigenvalue weighted by molar-refractivity contribution is 5.84. The number of hydrogen-bond donors (Lipinski definition) is 1. The van der Waals surface area contributed by atoms with Gasteiger partial charge in [0, 0.05) is 5.56 Å². The molecule has 0 aliphatic heterocycles. The second kappa shape index (κ2) is 4.87. The normalized spacial score (nSPS) is 16.1. The molecule has 2 rings (SSSR count). The molecule has 0 aromatic carbocycles. The molecular formula is C14H23N3O2. The van der Waals surface area contributed by atoms with Crippen LogP contribution in [0.3, 0.4) is 0 Å². The van der Waals surface area contributed by atoms with Crippen LogP contribution in [0.2, 0.25) is 0 Å². The summed E-state index contributed by atoms with van der Waals surface area (Å²) in [5, 5.41) is 7.37. The second-order valence-electron chi connectivity index (χ2n) is 6.22. The minimum atomic E-state index is -0.492. The van der Waals surface area contributed by atoms with Crippen LogP contribution < -0.4 is 5.32 Å². The van der Waals surface area contributed by atoms with Crippen LogP contribution in [0, 0.1) is 13.8 Å². The number of ether oxygens (including phenoxy) is 1. The Bertz CT molecular complexity index is 482. The van der Waals surface area contributed by atoms with Crippen molar-refractivity contribution in [1.82, 2.24) is 9.78 Å². The number of rotatable bonds is 2. The zero-order valence-electron chi connectivity index (χ0n) is 12.4. The highest BCUT2D eigenvalue weighted by Gasteiger charge is 2.26. The lowest BCUT2D eigenvalue weighted by atomic mass is 9.93. The fourth-order valence-corrected chi connectivity index (χ4v) is 2.08. The summed E-state index contributed by atoms with van der Waals surface area (Å²) in [4.78, 5) is 11.9. The molecule has 0 unspecified atom stereocenters. The van der Waals surface area contributed by atoms with Gasteiger partial charge in [0.1, 0.15) is 11.4 Å². The van der Waals surface area contributed by atoms with Gasteiger partial charge in [0.15, 0.2) is 0 Å². The molecule has 1 N–H and O–H groups in total. The Morgan fingerprint density at radius 3 is 2.47 bits per heavy atom. The van der Waals surface area contributed by atoms with E-state index < -0.39 is 11.7 Å². The van der Waals surface area contributed by atoms with Crippen molar-refractivity contribution in [3.63, 3.8) is 0 Å². The van der Waals surface area contributed by atoms with Crippen molar-refractivity contribution in [3.05, 3.63) is 11.3 Å². The molecule has 0 atom stereocenters. The number of amides is 1. The van der Waals surface area contributed by atoms with Gasteiger partial charge in [-0.15, -0.1) is 0 Å². The first-order chi connectivity index (χ1) is 8.78. The quantitative estimate of drug-likeness (QED) is 0.889. The van der Waals surface area contributed by atoms with E-state index in [0.717, 1.165) is 29.9 Å². The Labute approximate surface area is 114 Å². The molecule has 1 aromatic heterocycles. The predicted octanol–water partition coefficient (Wildman–Crippen LogP) is 3.57. The Balaban J connectivity index is 2.17. The minimum Gasteiger partial charge on any atom is -0.444 e. The van der Waals surface area contributed by atoms with Crippen LogP contribution in [0.4, 0.5) is 10.6 Å². The number of carbonyl (C=O) groups is 1. The molecule has 0 radical (unpaired) electrons. The van der Waals surface area contributed by atoms with Gasteiger partial charge >= 0.3 is 6.09 Å². The minimum absolute atomic E-state index is 0.414. The number of hydrogen-bond acceptors (Lipinski definition) is 3. The van der Waals surface area contributed by atoms with Crippen molar-refractivity contribution in [2.45, 2.75) is 65.5 Å². The molecular weight excluding hydrogens is 242 g/mol. The highest BCUT2D eigenvalue weighted by Crippen LogP contribution is 2.35. The third kappa shape index (κ3) is 3.08. The molecule has 0 saturated heterocycles. The third-order valence-corrected chi connectivity index (χ3v) is 3.42. The topological polar surface area (TPSA) is 56.2 Å². The Morgan fingerprint density at radius 1 is 1.37 bits per heavy atom. The molecule has 1 amide bonds. The van der Waals surface area contributed by atoms with Gasteiger partial charge in [0.05, 0.1) is 11.7 Å². The van der Waals surface area contributed by atoms with Crippen LogP contribution in [0.25, 0.3) is 0 Å². The molecule has 1 aliphatic rings. The second-order valence-corrected chi connectivity index (χ2v) is 6.22. The van der Waals surface area contributed by atoms with E-state index in [2.05, 4.69) is 10.4 Å². The number of carbonyl (C=O) groups excluding carboxylic acids is 1. The fourth-order valence-electron chi connectivity index (χ4n) is 2.08. The molecule has 0 spiro atoms. The molecule has 106 valence electrons. The van der Waals surface area contributed by atoms with Gasteiger partial charge in [0.25, 0.3) is 0 Å². The van der Waals surface area contributed by atoms with Crippen LogP contribution in [-0.4, -0.2) is 21.5 Å². The molecule has 1 saturated carbocycles. The number of aromatic nitrogens is 2. The summed E-state index contributed by atoms with van der Waals surface area (Å²) >= 11 is 0. The van der Waals surface area contributed by atoms with Gasteiger partial charge in [-0.2, -0.15) is 5.10 Å². The maximum absolute atomic E-state index is 11.9.